The van der Waals surface area contributed by atoms with Crippen molar-refractivity contribution in [2.45, 2.75) is 12.8 Å². The van der Waals surface area contributed by atoms with E-state index in [2.05, 4.69) is 4.98 Å². The highest BCUT2D eigenvalue weighted by molar-refractivity contribution is 7.13. The van der Waals surface area contributed by atoms with Gasteiger partial charge in [-0.15, -0.1) is 11.3 Å². The van der Waals surface area contributed by atoms with Crippen LogP contribution in [-0.2, 0) is 12.8 Å². The summed E-state index contributed by atoms with van der Waals surface area (Å²) in [6.45, 7) is -0.0355. The lowest BCUT2D eigenvalue weighted by atomic mass is 10.2. The summed E-state index contributed by atoms with van der Waals surface area (Å²) in [6.07, 6.45) is -3.11. The van der Waals surface area contributed by atoms with E-state index in [1.807, 2.05) is 0 Å². The van der Waals surface area contributed by atoms with E-state index in [-0.39, 0.29) is 17.4 Å². The summed E-state index contributed by atoms with van der Waals surface area (Å²) in [5.41, 5.74) is -0.800. The first kappa shape index (κ1) is 14.3. The Morgan fingerprint density at radius 1 is 1.40 bits per heavy atom. The zero-order chi connectivity index (χ0) is 14.8. The molecule has 0 aliphatic rings. The maximum atomic E-state index is 12.5. The number of nitrogens with zero attached hydrogens (tertiary/aromatic N) is 1. The first-order valence-electron chi connectivity index (χ1n) is 5.34. The van der Waals surface area contributed by atoms with Crippen LogP contribution >= 0.6 is 11.3 Å². The van der Waals surface area contributed by atoms with Crippen molar-refractivity contribution in [3.05, 3.63) is 45.9 Å². The molecule has 1 N–H and O–H groups in total. The van der Waals surface area contributed by atoms with Crippen LogP contribution < -0.4 is 4.74 Å². The average Bonchev–Trinajstić information content (AvgIpc) is 2.85. The fraction of sp³-hybridized carbons (Fsp3) is 0.167. The number of carboxylic acids is 1. The summed E-state index contributed by atoms with van der Waals surface area (Å²) in [7, 11) is 0. The Bertz CT molecular complexity index is 624. The van der Waals surface area contributed by atoms with E-state index in [0.717, 1.165) is 23.5 Å². The molecule has 0 spiro atoms. The fourth-order valence-corrected chi connectivity index (χ4v) is 2.05. The van der Waals surface area contributed by atoms with E-state index in [0.29, 0.717) is 4.88 Å². The van der Waals surface area contributed by atoms with Crippen molar-refractivity contribution in [1.29, 1.82) is 0 Å². The van der Waals surface area contributed by atoms with Crippen LogP contribution in [-0.4, -0.2) is 16.1 Å². The topological polar surface area (TPSA) is 59.4 Å². The molecule has 1 aromatic carbocycles. The van der Waals surface area contributed by atoms with Gasteiger partial charge in [-0.3, -0.25) is 0 Å². The molecule has 4 nitrogen and oxygen atoms in total. The van der Waals surface area contributed by atoms with Crippen molar-refractivity contribution in [2.24, 2.45) is 0 Å². The van der Waals surface area contributed by atoms with E-state index in [4.69, 9.17) is 9.84 Å². The zero-order valence-corrected chi connectivity index (χ0v) is 10.7. The molecule has 0 fully saturated rings. The third-order valence-corrected chi connectivity index (χ3v) is 3.24. The lowest BCUT2D eigenvalue weighted by Gasteiger charge is -2.09. The third kappa shape index (κ3) is 3.47. The lowest BCUT2D eigenvalue weighted by molar-refractivity contribution is -0.137. The number of thiazole rings is 1. The molecule has 20 heavy (non-hydrogen) atoms. The highest BCUT2D eigenvalue weighted by atomic mass is 32.1. The quantitative estimate of drug-likeness (QED) is 0.940. The molecule has 0 atom stereocenters. The van der Waals surface area contributed by atoms with Gasteiger partial charge in [-0.25, -0.2) is 9.78 Å². The second kappa shape index (κ2) is 5.49. The number of carboxylic acid groups (broad SMARTS) is 1. The van der Waals surface area contributed by atoms with Crippen LogP contribution in [0.3, 0.4) is 0 Å². The van der Waals surface area contributed by atoms with E-state index in [1.54, 1.807) is 0 Å². The van der Waals surface area contributed by atoms with Crippen molar-refractivity contribution in [3.8, 4) is 5.75 Å². The highest BCUT2D eigenvalue weighted by Gasteiger charge is 2.30. The summed E-state index contributed by atoms with van der Waals surface area (Å²) in [6, 6.07) is 4.48. The van der Waals surface area contributed by atoms with Crippen LogP contribution in [0.2, 0.25) is 0 Å². The van der Waals surface area contributed by atoms with Gasteiger partial charge in [-0.05, 0) is 18.2 Å². The first-order valence-corrected chi connectivity index (χ1v) is 6.16. The lowest BCUT2D eigenvalue weighted by Crippen LogP contribution is -2.05. The molecule has 0 aliphatic heterocycles. The highest BCUT2D eigenvalue weighted by Crippen LogP contribution is 2.31. The maximum Gasteiger partial charge on any atom is 0.416 e. The second-order valence-electron chi connectivity index (χ2n) is 3.75. The molecule has 0 radical (unpaired) electrons. The normalized spacial score (nSPS) is 11.3. The Balaban J connectivity index is 2.05. The number of halogens is 3. The van der Waals surface area contributed by atoms with Gasteiger partial charge >= 0.3 is 12.1 Å². The van der Waals surface area contributed by atoms with Crippen LogP contribution in [0.25, 0.3) is 0 Å². The molecule has 0 bridgehead atoms. The Morgan fingerprint density at radius 2 is 2.15 bits per heavy atom. The van der Waals surface area contributed by atoms with Crippen molar-refractivity contribution in [2.75, 3.05) is 0 Å². The monoisotopic (exact) mass is 303 g/mol. The number of hydrogen-bond acceptors (Lipinski definition) is 4. The summed E-state index contributed by atoms with van der Waals surface area (Å²) in [5.74, 6) is -1.09. The van der Waals surface area contributed by atoms with E-state index < -0.39 is 17.7 Å². The maximum absolute atomic E-state index is 12.5. The molecule has 2 rings (SSSR count). The number of alkyl halides is 3. The standard InChI is InChI=1S/C12H8F3NO3S/c13-12(14,15)7-2-1-3-8(4-7)19-6-9-5-16-10(20-9)11(17)18/h1-5H,6H2,(H,17,18). The van der Waals surface area contributed by atoms with Gasteiger partial charge in [0.05, 0.1) is 10.4 Å². The molecule has 0 aliphatic carbocycles. The fourth-order valence-electron chi connectivity index (χ4n) is 1.39. The molecule has 106 valence electrons. The summed E-state index contributed by atoms with van der Waals surface area (Å²) in [5, 5.41) is 8.60. The van der Waals surface area contributed by atoms with E-state index in [1.165, 1.54) is 18.3 Å². The molecule has 0 saturated heterocycles. The first-order chi connectivity index (χ1) is 9.36. The number of aromatic carboxylic acids is 1. The van der Waals surface area contributed by atoms with E-state index >= 15 is 0 Å². The largest absolute Gasteiger partial charge is 0.488 e. The minimum Gasteiger partial charge on any atom is -0.488 e. The second-order valence-corrected chi connectivity index (χ2v) is 4.87. The Labute approximate surface area is 115 Å². The minimum absolute atomic E-state index is 0.0355. The molecule has 1 heterocycles. The Kier molecular flexibility index (Phi) is 3.93. The van der Waals surface area contributed by atoms with Crippen molar-refractivity contribution < 1.29 is 27.8 Å². The average molecular weight is 303 g/mol. The number of hydrogen-bond donors (Lipinski definition) is 1. The van der Waals surface area contributed by atoms with Crippen LogP contribution in [0.1, 0.15) is 20.2 Å². The minimum atomic E-state index is -4.43. The van der Waals surface area contributed by atoms with Crippen molar-refractivity contribution in [1.82, 2.24) is 4.98 Å². The van der Waals surface area contributed by atoms with Crippen LogP contribution in [0.15, 0.2) is 30.5 Å². The molecule has 8 heteroatoms. The molecular formula is C12H8F3NO3S. The van der Waals surface area contributed by atoms with Gasteiger partial charge in [0.2, 0.25) is 5.01 Å². The number of rotatable bonds is 4. The van der Waals surface area contributed by atoms with Crippen LogP contribution in [0.4, 0.5) is 13.2 Å². The predicted octanol–water partition coefficient (Wildman–Crippen LogP) is 3.44. The zero-order valence-electron chi connectivity index (χ0n) is 9.85. The van der Waals surface area contributed by atoms with Gasteiger partial charge in [-0.2, -0.15) is 13.2 Å². The van der Waals surface area contributed by atoms with Gasteiger partial charge in [0.25, 0.3) is 0 Å². The number of carbonyl (C=O) groups is 1. The van der Waals surface area contributed by atoms with Gasteiger partial charge < -0.3 is 9.84 Å². The summed E-state index contributed by atoms with van der Waals surface area (Å²) < 4.78 is 42.7. The molecular weight excluding hydrogens is 295 g/mol. The molecule has 0 amide bonds. The molecule has 0 unspecified atom stereocenters. The van der Waals surface area contributed by atoms with Crippen LogP contribution in [0, 0.1) is 0 Å². The number of aromatic nitrogens is 1. The molecule has 1 aromatic heterocycles. The third-order valence-electron chi connectivity index (χ3n) is 2.28. The van der Waals surface area contributed by atoms with Gasteiger partial charge in [0, 0.05) is 6.20 Å². The van der Waals surface area contributed by atoms with E-state index in [9.17, 15) is 18.0 Å². The van der Waals surface area contributed by atoms with Gasteiger partial charge in [-0.1, -0.05) is 6.07 Å². The number of benzene rings is 1. The van der Waals surface area contributed by atoms with Gasteiger partial charge in [0.1, 0.15) is 12.4 Å². The van der Waals surface area contributed by atoms with Crippen molar-refractivity contribution in [3.63, 3.8) is 0 Å². The summed E-state index contributed by atoms with van der Waals surface area (Å²) in [4.78, 5) is 14.8. The smallest absolute Gasteiger partial charge is 0.416 e. The molecule has 2 aromatic rings. The van der Waals surface area contributed by atoms with Gasteiger partial charge in [0.15, 0.2) is 0 Å². The Hall–Kier alpha value is -2.09. The summed E-state index contributed by atoms with van der Waals surface area (Å²) >= 11 is 0.912. The SMILES string of the molecule is O=C(O)c1ncc(COc2cccc(C(F)(F)F)c2)s1. The Morgan fingerprint density at radius 3 is 2.75 bits per heavy atom. The van der Waals surface area contributed by atoms with Crippen LogP contribution in [0.5, 0.6) is 5.75 Å². The predicted molar refractivity (Wildman–Crippen MR) is 64.8 cm³/mol. The van der Waals surface area contributed by atoms with Crippen molar-refractivity contribution >= 4 is 17.3 Å². The molecule has 0 saturated carbocycles. The number of ether oxygens (including phenoxy) is 1.